The molecule has 8 heteroatoms. The Kier molecular flexibility index (Phi) is 3.86. The first-order chi connectivity index (χ1) is 12.0. The molecule has 1 aliphatic carbocycles. The number of fused-ring (bicyclic) bond motifs is 1. The number of Topliss-reactive ketones (excluding diaryl/α,β-unsaturated/α-hetero) is 1. The molecule has 2 aliphatic rings. The number of phenols is 1. The van der Waals surface area contributed by atoms with Crippen molar-refractivity contribution in [3.8, 4) is 11.5 Å². The molecule has 1 aromatic heterocycles. The number of carbonyl (C=O) groups excluding carboxylic acids is 1. The number of aromatic hydroxyl groups is 1. The Morgan fingerprint density at radius 1 is 1.24 bits per heavy atom. The molecule has 0 bridgehead atoms. The topological polar surface area (TPSA) is 107 Å². The summed E-state index contributed by atoms with van der Waals surface area (Å²) in [7, 11) is 1.47. The molecule has 4 rings (SSSR count). The van der Waals surface area contributed by atoms with Crippen molar-refractivity contribution < 1.29 is 14.6 Å². The number of aromatic amines is 2. The number of nitrogens with one attached hydrogen (secondary N) is 3. The lowest BCUT2D eigenvalue weighted by molar-refractivity contribution is -0.116. The van der Waals surface area contributed by atoms with Gasteiger partial charge in [-0.25, -0.2) is 0 Å². The van der Waals surface area contributed by atoms with Crippen molar-refractivity contribution in [3.63, 3.8) is 0 Å². The number of H-pyrrole nitrogens is 2. The summed E-state index contributed by atoms with van der Waals surface area (Å²) in [5.74, 6) is 0.516. The first-order valence-electron chi connectivity index (χ1n) is 7.91. The van der Waals surface area contributed by atoms with E-state index in [0.29, 0.717) is 32.7 Å². The zero-order valence-corrected chi connectivity index (χ0v) is 15.6. The average molecular weight is 453 g/mol. The Morgan fingerprint density at radius 2 is 2.04 bits per heavy atom. The molecule has 7 nitrogen and oxygen atoms in total. The maximum absolute atomic E-state index is 12.7. The summed E-state index contributed by atoms with van der Waals surface area (Å²) in [6.07, 6.45) is 2.02. The lowest BCUT2D eigenvalue weighted by Crippen LogP contribution is -2.29. The molecule has 2 aromatic rings. The van der Waals surface area contributed by atoms with E-state index < -0.39 is 5.92 Å². The quantitative estimate of drug-likeness (QED) is 0.523. The predicted molar refractivity (Wildman–Crippen MR) is 100 cm³/mol. The fourth-order valence-corrected chi connectivity index (χ4v) is 4.24. The minimum absolute atomic E-state index is 0.0482. The maximum Gasteiger partial charge on any atom is 0.270 e. The van der Waals surface area contributed by atoms with Crippen LogP contribution in [0.5, 0.6) is 11.5 Å². The number of ether oxygens (including phenoxy) is 1. The van der Waals surface area contributed by atoms with Crippen LogP contribution in [0.2, 0.25) is 0 Å². The second-order valence-electron chi connectivity index (χ2n) is 6.15. The highest BCUT2D eigenvalue weighted by molar-refractivity contribution is 14.1. The molecule has 0 fully saturated rings. The van der Waals surface area contributed by atoms with E-state index in [1.54, 1.807) is 12.1 Å². The van der Waals surface area contributed by atoms with Crippen LogP contribution in [0.4, 0.5) is 5.82 Å². The van der Waals surface area contributed by atoms with Crippen molar-refractivity contribution in [2.45, 2.75) is 25.2 Å². The van der Waals surface area contributed by atoms with E-state index in [1.807, 2.05) is 22.6 Å². The van der Waals surface area contributed by atoms with E-state index in [2.05, 4.69) is 15.5 Å². The standard InChI is InChI=1S/C17H16IN3O4/c1-25-11-6-7(5-8(18)15(11)23)12-13-9(3-2-4-10(13)22)19-16-14(12)17(24)21-20-16/h5-6,12,23H,2-4H2,1H3,(H3,19,20,21,24). The first-order valence-corrected chi connectivity index (χ1v) is 8.99. The highest BCUT2D eigenvalue weighted by atomic mass is 127. The van der Waals surface area contributed by atoms with Gasteiger partial charge in [0.15, 0.2) is 17.3 Å². The molecular weight excluding hydrogens is 437 g/mol. The Balaban J connectivity index is 1.99. The Hall–Kier alpha value is -2.23. The van der Waals surface area contributed by atoms with E-state index >= 15 is 0 Å². The van der Waals surface area contributed by atoms with E-state index in [9.17, 15) is 14.7 Å². The van der Waals surface area contributed by atoms with Gasteiger partial charge in [-0.15, -0.1) is 0 Å². The third-order valence-corrected chi connectivity index (χ3v) is 5.55. The maximum atomic E-state index is 12.7. The summed E-state index contributed by atoms with van der Waals surface area (Å²) in [4.78, 5) is 25.1. The summed E-state index contributed by atoms with van der Waals surface area (Å²) >= 11 is 2.01. The lowest BCUT2D eigenvalue weighted by atomic mass is 9.77. The van der Waals surface area contributed by atoms with Crippen molar-refractivity contribution in [1.82, 2.24) is 10.2 Å². The molecule has 0 radical (unpaired) electrons. The number of hydrogen-bond acceptors (Lipinski definition) is 5. The smallest absolute Gasteiger partial charge is 0.270 e. The highest BCUT2D eigenvalue weighted by Crippen LogP contribution is 2.45. The summed E-state index contributed by atoms with van der Waals surface area (Å²) in [6, 6.07) is 3.48. The van der Waals surface area contributed by atoms with Crippen molar-refractivity contribution in [2.24, 2.45) is 0 Å². The molecule has 0 amide bonds. The number of methoxy groups -OCH3 is 1. The van der Waals surface area contributed by atoms with Gasteiger partial charge in [0.25, 0.3) is 5.56 Å². The number of hydrogen-bond donors (Lipinski definition) is 4. The molecule has 0 spiro atoms. The highest BCUT2D eigenvalue weighted by Gasteiger charge is 2.38. The van der Waals surface area contributed by atoms with Crippen LogP contribution in [0.25, 0.3) is 0 Å². The van der Waals surface area contributed by atoms with Gasteiger partial charge in [0, 0.05) is 23.6 Å². The van der Waals surface area contributed by atoms with Crippen molar-refractivity contribution >= 4 is 34.2 Å². The summed E-state index contributed by atoms with van der Waals surface area (Å²) in [6.45, 7) is 0. The van der Waals surface area contributed by atoms with Gasteiger partial charge in [0.1, 0.15) is 5.82 Å². The number of rotatable bonds is 2. The zero-order valence-electron chi connectivity index (χ0n) is 13.4. The number of phenolic OH excluding ortho intramolecular Hbond substituents is 1. The Bertz CT molecular complexity index is 973. The number of carbonyl (C=O) groups is 1. The van der Waals surface area contributed by atoms with Crippen LogP contribution >= 0.6 is 22.6 Å². The Morgan fingerprint density at radius 3 is 2.80 bits per heavy atom. The number of aromatic nitrogens is 2. The SMILES string of the molecule is COc1cc(C2C3=C(CCCC3=O)Nc3[nH][nH]c(=O)c32)cc(I)c1O. The van der Waals surface area contributed by atoms with Gasteiger partial charge in [-0.3, -0.25) is 19.8 Å². The molecule has 130 valence electrons. The van der Waals surface area contributed by atoms with Gasteiger partial charge >= 0.3 is 0 Å². The largest absolute Gasteiger partial charge is 0.504 e. The summed E-state index contributed by atoms with van der Waals surface area (Å²) in [5, 5.41) is 18.8. The lowest BCUT2D eigenvalue weighted by Gasteiger charge is -2.31. The van der Waals surface area contributed by atoms with Gasteiger partial charge < -0.3 is 15.2 Å². The average Bonchev–Trinajstić information content (AvgIpc) is 2.96. The normalized spacial score (nSPS) is 19.3. The van der Waals surface area contributed by atoms with Gasteiger partial charge in [-0.2, -0.15) is 0 Å². The van der Waals surface area contributed by atoms with E-state index in [-0.39, 0.29) is 17.1 Å². The molecule has 0 saturated heterocycles. The number of benzene rings is 1. The van der Waals surface area contributed by atoms with E-state index in [1.165, 1.54) is 7.11 Å². The molecule has 1 unspecified atom stereocenters. The van der Waals surface area contributed by atoms with Crippen molar-refractivity contribution in [2.75, 3.05) is 12.4 Å². The van der Waals surface area contributed by atoms with E-state index in [4.69, 9.17) is 4.74 Å². The molecule has 0 saturated carbocycles. The van der Waals surface area contributed by atoms with E-state index in [0.717, 1.165) is 24.1 Å². The van der Waals surface area contributed by atoms with Gasteiger partial charge in [0.2, 0.25) is 0 Å². The monoisotopic (exact) mass is 453 g/mol. The van der Waals surface area contributed by atoms with Gasteiger partial charge in [-0.1, -0.05) is 0 Å². The van der Waals surface area contributed by atoms with Crippen LogP contribution in [0.15, 0.2) is 28.2 Å². The Labute approximate surface area is 156 Å². The summed E-state index contributed by atoms with van der Waals surface area (Å²) in [5.41, 5.74) is 2.45. The predicted octanol–water partition coefficient (Wildman–Crippen LogP) is 2.59. The second-order valence-corrected chi connectivity index (χ2v) is 7.31. The third kappa shape index (κ3) is 2.46. The van der Waals surface area contributed by atoms with Crippen LogP contribution in [-0.2, 0) is 4.79 Å². The molecule has 2 heterocycles. The first kappa shape index (κ1) is 16.2. The fraction of sp³-hybridized carbons (Fsp3) is 0.294. The molecule has 1 atom stereocenters. The van der Waals surface area contributed by atoms with Gasteiger partial charge in [0.05, 0.1) is 16.2 Å². The second kappa shape index (κ2) is 5.94. The molecular formula is C17H16IN3O4. The third-order valence-electron chi connectivity index (χ3n) is 4.73. The van der Waals surface area contributed by atoms with Crippen molar-refractivity contribution in [3.05, 3.63) is 48.5 Å². The minimum Gasteiger partial charge on any atom is -0.504 e. The minimum atomic E-state index is -0.489. The van der Waals surface area contributed by atoms with Crippen LogP contribution in [0.3, 0.4) is 0 Å². The fourth-order valence-electron chi connectivity index (χ4n) is 3.61. The van der Waals surface area contributed by atoms with Crippen LogP contribution < -0.4 is 15.6 Å². The number of ketones is 1. The number of allylic oxidation sites excluding steroid dienone is 2. The molecule has 4 N–H and O–H groups in total. The van der Waals surface area contributed by atoms with Crippen LogP contribution in [0, 0.1) is 3.57 Å². The van der Waals surface area contributed by atoms with Crippen LogP contribution in [-0.4, -0.2) is 28.2 Å². The zero-order chi connectivity index (χ0) is 17.7. The molecule has 1 aromatic carbocycles. The molecule has 25 heavy (non-hydrogen) atoms. The molecule has 1 aliphatic heterocycles. The number of halogens is 1. The summed E-state index contributed by atoms with van der Waals surface area (Å²) < 4.78 is 5.86. The van der Waals surface area contributed by atoms with Gasteiger partial charge in [-0.05, 0) is 53.1 Å². The van der Waals surface area contributed by atoms with Crippen molar-refractivity contribution in [1.29, 1.82) is 0 Å². The van der Waals surface area contributed by atoms with Crippen LogP contribution in [0.1, 0.15) is 36.3 Å². The number of anilines is 1.